The topological polar surface area (TPSA) is 41.9 Å². The van der Waals surface area contributed by atoms with Crippen molar-refractivity contribution in [2.75, 3.05) is 13.1 Å². The molecule has 20 heavy (non-hydrogen) atoms. The molecule has 102 valence electrons. The van der Waals surface area contributed by atoms with Crippen molar-refractivity contribution < 1.29 is 0 Å². The van der Waals surface area contributed by atoms with Crippen LogP contribution in [0.3, 0.4) is 0 Å². The van der Waals surface area contributed by atoms with Crippen LogP contribution >= 0.6 is 0 Å². The molecule has 0 spiro atoms. The molecule has 0 aromatic carbocycles. The number of rotatable bonds is 3. The van der Waals surface area contributed by atoms with Crippen molar-refractivity contribution in [3.05, 3.63) is 59.9 Å². The molecule has 0 saturated heterocycles. The molecule has 3 heterocycles. The molecule has 3 rings (SSSR count). The highest BCUT2D eigenvalue weighted by Gasteiger charge is 2.13. The Bertz CT molecular complexity index is 590. The molecule has 0 amide bonds. The van der Waals surface area contributed by atoms with Gasteiger partial charge in [-0.25, -0.2) is 9.97 Å². The van der Waals surface area contributed by atoms with E-state index < -0.39 is 0 Å². The van der Waals surface area contributed by atoms with Gasteiger partial charge in [-0.3, -0.25) is 9.88 Å². The van der Waals surface area contributed by atoms with Crippen LogP contribution in [-0.2, 0) is 6.54 Å². The van der Waals surface area contributed by atoms with Crippen molar-refractivity contribution in [1.29, 1.82) is 0 Å². The quantitative estimate of drug-likeness (QED) is 0.856. The highest BCUT2D eigenvalue weighted by Crippen LogP contribution is 2.22. The monoisotopic (exact) mass is 266 g/mol. The molecule has 0 saturated carbocycles. The van der Waals surface area contributed by atoms with Gasteiger partial charge in [-0.2, -0.15) is 0 Å². The van der Waals surface area contributed by atoms with Crippen molar-refractivity contribution in [3.63, 3.8) is 0 Å². The molecule has 0 fully saturated rings. The lowest BCUT2D eigenvalue weighted by atomic mass is 10.0. The van der Waals surface area contributed by atoms with Crippen molar-refractivity contribution in [1.82, 2.24) is 19.9 Å². The fraction of sp³-hybridized carbons (Fsp3) is 0.312. The minimum atomic E-state index is 0.825. The average Bonchev–Trinajstić information content (AvgIpc) is 2.51. The number of hydrogen-bond acceptors (Lipinski definition) is 4. The number of nitrogens with zero attached hydrogens (tertiary/aromatic N) is 4. The van der Waals surface area contributed by atoms with Gasteiger partial charge in [0.05, 0.1) is 0 Å². The average molecular weight is 266 g/mol. The summed E-state index contributed by atoms with van der Waals surface area (Å²) in [6, 6.07) is 4.12. The maximum absolute atomic E-state index is 4.25. The predicted octanol–water partition coefficient (Wildman–Crippen LogP) is 2.47. The number of pyridine rings is 1. The van der Waals surface area contributed by atoms with E-state index in [1.165, 1.54) is 16.7 Å². The number of aryl methyl sites for hydroxylation is 1. The van der Waals surface area contributed by atoms with Crippen molar-refractivity contribution in [2.45, 2.75) is 19.9 Å². The molecule has 1 aliphatic rings. The first-order valence-corrected chi connectivity index (χ1v) is 6.90. The second-order valence-corrected chi connectivity index (χ2v) is 5.09. The Morgan fingerprint density at radius 3 is 2.70 bits per heavy atom. The fourth-order valence-electron chi connectivity index (χ4n) is 2.43. The van der Waals surface area contributed by atoms with Gasteiger partial charge in [0.1, 0.15) is 5.82 Å². The normalized spacial score (nSPS) is 15.9. The highest BCUT2D eigenvalue weighted by atomic mass is 15.1. The Hall–Kier alpha value is -2.07. The second kappa shape index (κ2) is 5.92. The summed E-state index contributed by atoms with van der Waals surface area (Å²) in [6.07, 6.45) is 11.0. The maximum atomic E-state index is 4.25. The van der Waals surface area contributed by atoms with E-state index in [1.54, 1.807) is 0 Å². The van der Waals surface area contributed by atoms with Gasteiger partial charge in [-0.15, -0.1) is 0 Å². The SMILES string of the molecule is Cc1ncc(CN2CC=C(c3cccnc3)CC2)cn1. The molecule has 0 N–H and O–H groups in total. The lowest BCUT2D eigenvalue weighted by Gasteiger charge is -2.26. The van der Waals surface area contributed by atoms with Gasteiger partial charge in [0.15, 0.2) is 0 Å². The molecule has 2 aromatic heterocycles. The molecular formula is C16H18N4. The molecule has 0 aliphatic carbocycles. The van der Waals surface area contributed by atoms with Crippen LogP contribution in [0.5, 0.6) is 0 Å². The van der Waals surface area contributed by atoms with Crippen molar-refractivity contribution >= 4 is 5.57 Å². The van der Waals surface area contributed by atoms with Crippen LogP contribution < -0.4 is 0 Å². The minimum Gasteiger partial charge on any atom is -0.295 e. The van der Waals surface area contributed by atoms with Gasteiger partial charge in [0.25, 0.3) is 0 Å². The summed E-state index contributed by atoms with van der Waals surface area (Å²) in [5.41, 5.74) is 3.81. The Kier molecular flexibility index (Phi) is 3.83. The van der Waals surface area contributed by atoms with E-state index in [0.29, 0.717) is 0 Å². The predicted molar refractivity (Wildman–Crippen MR) is 78.9 cm³/mol. The Balaban J connectivity index is 1.63. The van der Waals surface area contributed by atoms with Crippen LogP contribution in [0, 0.1) is 6.92 Å². The summed E-state index contributed by atoms with van der Waals surface area (Å²) in [5.74, 6) is 0.825. The summed E-state index contributed by atoms with van der Waals surface area (Å²) in [7, 11) is 0. The van der Waals surface area contributed by atoms with Crippen molar-refractivity contribution in [2.24, 2.45) is 0 Å². The summed E-state index contributed by atoms with van der Waals surface area (Å²) >= 11 is 0. The first-order valence-electron chi connectivity index (χ1n) is 6.90. The molecule has 2 aromatic rings. The van der Waals surface area contributed by atoms with Gasteiger partial charge in [0, 0.05) is 50.0 Å². The van der Waals surface area contributed by atoms with Crippen LogP contribution in [0.2, 0.25) is 0 Å². The van der Waals surface area contributed by atoms with Gasteiger partial charge in [-0.1, -0.05) is 12.1 Å². The van der Waals surface area contributed by atoms with E-state index in [2.05, 4.69) is 32.0 Å². The van der Waals surface area contributed by atoms with E-state index >= 15 is 0 Å². The first-order chi connectivity index (χ1) is 9.81. The van der Waals surface area contributed by atoms with Gasteiger partial charge in [0.2, 0.25) is 0 Å². The summed E-state index contributed by atoms with van der Waals surface area (Å²) in [6.45, 7) is 4.86. The minimum absolute atomic E-state index is 0.825. The standard InChI is InChI=1S/C16H18N4/c1-13-18-9-14(10-19-13)12-20-7-4-15(5-8-20)16-3-2-6-17-11-16/h2-4,6,9-11H,5,7-8,12H2,1H3. The van der Waals surface area contributed by atoms with E-state index in [0.717, 1.165) is 31.9 Å². The first kappa shape index (κ1) is 12.9. The summed E-state index contributed by atoms with van der Waals surface area (Å²) in [4.78, 5) is 15.1. The largest absolute Gasteiger partial charge is 0.295 e. The van der Waals surface area contributed by atoms with Crippen LogP contribution in [0.15, 0.2) is 43.0 Å². The third-order valence-electron chi connectivity index (χ3n) is 3.57. The van der Waals surface area contributed by atoms with E-state index in [-0.39, 0.29) is 0 Å². The molecule has 0 bridgehead atoms. The maximum Gasteiger partial charge on any atom is 0.125 e. The molecule has 0 atom stereocenters. The third kappa shape index (κ3) is 3.08. The molecule has 4 nitrogen and oxygen atoms in total. The molecule has 1 aliphatic heterocycles. The smallest absolute Gasteiger partial charge is 0.125 e. The van der Waals surface area contributed by atoms with Gasteiger partial charge >= 0.3 is 0 Å². The lowest BCUT2D eigenvalue weighted by Crippen LogP contribution is -2.28. The van der Waals surface area contributed by atoms with Gasteiger partial charge < -0.3 is 0 Å². The zero-order chi connectivity index (χ0) is 13.8. The zero-order valence-electron chi connectivity index (χ0n) is 11.7. The summed E-state index contributed by atoms with van der Waals surface area (Å²) < 4.78 is 0. The van der Waals surface area contributed by atoms with Crippen LogP contribution in [-0.4, -0.2) is 32.9 Å². The fourth-order valence-corrected chi connectivity index (χ4v) is 2.43. The van der Waals surface area contributed by atoms with E-state index in [1.807, 2.05) is 37.8 Å². The number of hydrogen-bond donors (Lipinski definition) is 0. The third-order valence-corrected chi connectivity index (χ3v) is 3.57. The van der Waals surface area contributed by atoms with Crippen LogP contribution in [0.25, 0.3) is 5.57 Å². The molecule has 0 unspecified atom stereocenters. The molecule has 4 heteroatoms. The molecule has 0 radical (unpaired) electrons. The Morgan fingerprint density at radius 2 is 2.05 bits per heavy atom. The van der Waals surface area contributed by atoms with Crippen molar-refractivity contribution in [3.8, 4) is 0 Å². The van der Waals surface area contributed by atoms with E-state index in [9.17, 15) is 0 Å². The summed E-state index contributed by atoms with van der Waals surface area (Å²) in [5, 5.41) is 0. The van der Waals surface area contributed by atoms with Crippen LogP contribution in [0.4, 0.5) is 0 Å². The zero-order valence-corrected chi connectivity index (χ0v) is 11.7. The van der Waals surface area contributed by atoms with E-state index in [4.69, 9.17) is 0 Å². The number of aromatic nitrogens is 3. The second-order valence-electron chi connectivity index (χ2n) is 5.09. The highest BCUT2D eigenvalue weighted by molar-refractivity contribution is 5.65. The van der Waals surface area contributed by atoms with Crippen LogP contribution in [0.1, 0.15) is 23.4 Å². The molecular weight excluding hydrogens is 248 g/mol. The van der Waals surface area contributed by atoms with Gasteiger partial charge in [-0.05, 0) is 30.5 Å². The Morgan fingerprint density at radius 1 is 1.20 bits per heavy atom. The Labute approximate surface area is 119 Å². The lowest BCUT2D eigenvalue weighted by molar-refractivity contribution is 0.293.